The Morgan fingerprint density at radius 1 is 1.33 bits per heavy atom. The summed E-state index contributed by atoms with van der Waals surface area (Å²) in [5, 5.41) is 9.31. The topological polar surface area (TPSA) is 61.1 Å². The van der Waals surface area contributed by atoms with Crippen molar-refractivity contribution in [2.24, 2.45) is 10.9 Å². The molecule has 0 unspecified atom stereocenters. The molecule has 1 aromatic carbocycles. The molecule has 0 bridgehead atoms. The van der Waals surface area contributed by atoms with Gasteiger partial charge in [-0.05, 0) is 38.9 Å². The number of hydrogen-bond donors (Lipinski definition) is 0. The van der Waals surface area contributed by atoms with Crippen LogP contribution in [0.15, 0.2) is 17.1 Å². The highest BCUT2D eigenvalue weighted by atomic mass is 16.5. The first-order chi connectivity index (χ1) is 11.5. The van der Waals surface area contributed by atoms with Crippen molar-refractivity contribution in [3.05, 3.63) is 17.7 Å². The van der Waals surface area contributed by atoms with Crippen molar-refractivity contribution in [1.82, 2.24) is 9.80 Å². The second-order valence-corrected chi connectivity index (χ2v) is 6.40. The lowest BCUT2D eigenvalue weighted by molar-refractivity contribution is 0.157. The molecule has 0 amide bonds. The molecule has 0 radical (unpaired) electrons. The monoisotopic (exact) mass is 330 g/mol. The minimum absolute atomic E-state index is 0.469. The Labute approximate surface area is 144 Å². The van der Waals surface area contributed by atoms with E-state index < -0.39 is 0 Å². The standard InChI is InChI=1S/C18H26N4O2/c1-21(2)13-20-16-10-18(17(23-4)9-15(16)11-19)24-12-14-5-7-22(3)8-6-14/h9-10,13-14H,5-8,12H2,1-4H3/b20-13-. The summed E-state index contributed by atoms with van der Waals surface area (Å²) in [4.78, 5) is 8.52. The van der Waals surface area contributed by atoms with E-state index in [1.54, 1.807) is 25.6 Å². The number of rotatable bonds is 6. The molecule has 1 saturated heterocycles. The molecule has 0 N–H and O–H groups in total. The first-order valence-electron chi connectivity index (χ1n) is 8.17. The highest BCUT2D eigenvalue weighted by Crippen LogP contribution is 2.35. The second-order valence-electron chi connectivity index (χ2n) is 6.40. The van der Waals surface area contributed by atoms with Crippen LogP contribution in [0.1, 0.15) is 18.4 Å². The molecule has 0 aliphatic carbocycles. The van der Waals surface area contributed by atoms with Gasteiger partial charge in [0.15, 0.2) is 11.5 Å². The minimum Gasteiger partial charge on any atom is -0.493 e. The Balaban J connectivity index is 2.15. The fourth-order valence-corrected chi connectivity index (χ4v) is 2.63. The van der Waals surface area contributed by atoms with E-state index in [-0.39, 0.29) is 0 Å². The Kier molecular flexibility index (Phi) is 6.44. The van der Waals surface area contributed by atoms with Crippen LogP contribution in [0.5, 0.6) is 11.5 Å². The lowest BCUT2D eigenvalue weighted by atomic mass is 9.98. The van der Waals surface area contributed by atoms with Crippen molar-refractivity contribution in [3.63, 3.8) is 0 Å². The van der Waals surface area contributed by atoms with Crippen LogP contribution in [0.25, 0.3) is 0 Å². The van der Waals surface area contributed by atoms with E-state index in [0.29, 0.717) is 35.3 Å². The predicted octanol–water partition coefficient (Wildman–Crippen LogP) is 2.51. The number of piperidine rings is 1. The van der Waals surface area contributed by atoms with E-state index in [4.69, 9.17) is 9.47 Å². The Morgan fingerprint density at radius 3 is 2.62 bits per heavy atom. The van der Waals surface area contributed by atoms with E-state index in [2.05, 4.69) is 23.0 Å². The first-order valence-corrected chi connectivity index (χ1v) is 8.17. The van der Waals surface area contributed by atoms with Crippen LogP contribution in [-0.2, 0) is 0 Å². The number of aliphatic imine (C=N–C) groups is 1. The number of nitriles is 1. The summed E-state index contributed by atoms with van der Waals surface area (Å²) >= 11 is 0. The summed E-state index contributed by atoms with van der Waals surface area (Å²) in [6, 6.07) is 5.63. The number of benzene rings is 1. The second kappa shape index (κ2) is 8.55. The average molecular weight is 330 g/mol. The summed E-state index contributed by atoms with van der Waals surface area (Å²) in [5.74, 6) is 1.76. The quantitative estimate of drug-likeness (QED) is 0.592. The molecule has 1 heterocycles. The fraction of sp³-hybridized carbons (Fsp3) is 0.556. The maximum Gasteiger partial charge on any atom is 0.163 e. The van der Waals surface area contributed by atoms with E-state index in [1.165, 1.54) is 0 Å². The molecule has 1 aliphatic rings. The van der Waals surface area contributed by atoms with Crippen molar-refractivity contribution in [3.8, 4) is 17.6 Å². The third-order valence-corrected chi connectivity index (χ3v) is 4.14. The zero-order valence-corrected chi connectivity index (χ0v) is 15.0. The summed E-state index contributed by atoms with van der Waals surface area (Å²) < 4.78 is 11.4. The van der Waals surface area contributed by atoms with Gasteiger partial charge in [-0.3, -0.25) is 0 Å². The minimum atomic E-state index is 0.469. The molecule has 0 saturated carbocycles. The number of methoxy groups -OCH3 is 1. The van der Waals surface area contributed by atoms with Crippen LogP contribution < -0.4 is 9.47 Å². The summed E-state index contributed by atoms with van der Waals surface area (Å²) in [5.41, 5.74) is 1.06. The van der Waals surface area contributed by atoms with E-state index >= 15 is 0 Å². The molecule has 1 aromatic rings. The van der Waals surface area contributed by atoms with Gasteiger partial charge in [-0.1, -0.05) is 0 Å². The van der Waals surface area contributed by atoms with Gasteiger partial charge in [-0.2, -0.15) is 5.26 Å². The third-order valence-electron chi connectivity index (χ3n) is 4.14. The average Bonchev–Trinajstić information content (AvgIpc) is 2.59. The largest absolute Gasteiger partial charge is 0.493 e. The summed E-state index contributed by atoms with van der Waals surface area (Å²) in [7, 11) is 7.50. The number of likely N-dealkylation sites (tertiary alicyclic amines) is 1. The third kappa shape index (κ3) is 4.87. The number of hydrogen-bond acceptors (Lipinski definition) is 5. The molecular formula is C18H26N4O2. The number of nitrogens with zero attached hydrogens (tertiary/aromatic N) is 4. The van der Waals surface area contributed by atoms with Gasteiger partial charge in [0.25, 0.3) is 0 Å². The molecule has 24 heavy (non-hydrogen) atoms. The SMILES string of the molecule is COc1cc(C#N)c(/N=C\N(C)C)cc1OCC1CCN(C)CC1. The zero-order valence-electron chi connectivity index (χ0n) is 15.0. The Hall–Kier alpha value is -2.26. The van der Waals surface area contributed by atoms with Gasteiger partial charge in [-0.25, -0.2) is 4.99 Å². The molecule has 0 spiro atoms. The van der Waals surface area contributed by atoms with Gasteiger partial charge < -0.3 is 19.3 Å². The van der Waals surface area contributed by atoms with Crippen molar-refractivity contribution in [2.45, 2.75) is 12.8 Å². The number of ether oxygens (including phenoxy) is 2. The van der Waals surface area contributed by atoms with Gasteiger partial charge in [0, 0.05) is 26.2 Å². The summed E-state index contributed by atoms with van der Waals surface area (Å²) in [6.07, 6.45) is 3.95. The van der Waals surface area contributed by atoms with Crippen LogP contribution in [0.3, 0.4) is 0 Å². The molecule has 2 rings (SSSR count). The fourth-order valence-electron chi connectivity index (χ4n) is 2.63. The van der Waals surface area contributed by atoms with Crippen molar-refractivity contribution < 1.29 is 9.47 Å². The zero-order chi connectivity index (χ0) is 17.5. The molecule has 0 aromatic heterocycles. The molecule has 130 valence electrons. The normalized spacial score (nSPS) is 16.1. The molecule has 1 aliphatic heterocycles. The van der Waals surface area contributed by atoms with Gasteiger partial charge in [-0.15, -0.1) is 0 Å². The lowest BCUT2D eigenvalue weighted by Crippen LogP contribution is -2.32. The van der Waals surface area contributed by atoms with E-state index in [9.17, 15) is 5.26 Å². The molecule has 0 atom stereocenters. The predicted molar refractivity (Wildman–Crippen MR) is 95.3 cm³/mol. The maximum atomic E-state index is 9.31. The van der Waals surface area contributed by atoms with Gasteiger partial charge >= 0.3 is 0 Å². The molecule has 6 heteroatoms. The van der Waals surface area contributed by atoms with Gasteiger partial charge in [0.2, 0.25) is 0 Å². The van der Waals surface area contributed by atoms with E-state index in [0.717, 1.165) is 25.9 Å². The molecular weight excluding hydrogens is 304 g/mol. The van der Waals surface area contributed by atoms with Crippen molar-refractivity contribution >= 4 is 12.0 Å². The lowest BCUT2D eigenvalue weighted by Gasteiger charge is -2.28. The maximum absolute atomic E-state index is 9.31. The van der Waals surface area contributed by atoms with Crippen LogP contribution in [0, 0.1) is 17.2 Å². The Morgan fingerprint density at radius 2 is 2.04 bits per heavy atom. The summed E-state index contributed by atoms with van der Waals surface area (Å²) in [6.45, 7) is 2.88. The highest BCUT2D eigenvalue weighted by Gasteiger charge is 2.18. The Bertz CT molecular complexity index is 614. The molecule has 1 fully saturated rings. The smallest absolute Gasteiger partial charge is 0.163 e. The van der Waals surface area contributed by atoms with E-state index in [1.807, 2.05) is 19.0 Å². The van der Waals surface area contributed by atoms with Gasteiger partial charge in [0.05, 0.1) is 31.3 Å². The van der Waals surface area contributed by atoms with Crippen molar-refractivity contribution in [1.29, 1.82) is 5.26 Å². The van der Waals surface area contributed by atoms with Crippen LogP contribution in [-0.4, -0.2) is 64.1 Å². The van der Waals surface area contributed by atoms with Crippen LogP contribution in [0.4, 0.5) is 5.69 Å². The van der Waals surface area contributed by atoms with Gasteiger partial charge in [0.1, 0.15) is 6.07 Å². The van der Waals surface area contributed by atoms with Crippen molar-refractivity contribution in [2.75, 3.05) is 47.9 Å². The first kappa shape index (κ1) is 18.1. The highest BCUT2D eigenvalue weighted by molar-refractivity contribution is 5.68. The van der Waals surface area contributed by atoms with Crippen LogP contribution in [0.2, 0.25) is 0 Å². The van der Waals surface area contributed by atoms with Crippen LogP contribution >= 0.6 is 0 Å². The molecule has 6 nitrogen and oxygen atoms in total.